The van der Waals surface area contributed by atoms with Crippen molar-refractivity contribution in [1.82, 2.24) is 4.98 Å². The molecule has 0 fully saturated rings. The molecule has 0 N–H and O–H groups in total. The van der Waals surface area contributed by atoms with Gasteiger partial charge in [-0.2, -0.15) is 0 Å². The van der Waals surface area contributed by atoms with Crippen molar-refractivity contribution in [2.45, 2.75) is 6.61 Å². The van der Waals surface area contributed by atoms with Crippen LogP contribution >= 0.6 is 38.9 Å². The summed E-state index contributed by atoms with van der Waals surface area (Å²) in [5, 5.41) is 2.56. The van der Waals surface area contributed by atoms with Crippen LogP contribution in [0.3, 0.4) is 0 Å². The van der Waals surface area contributed by atoms with Gasteiger partial charge < -0.3 is 4.74 Å². The molecular formula is C10H7BrClNOS. The Morgan fingerprint density at radius 2 is 2.20 bits per heavy atom. The molecule has 0 spiro atoms. The smallest absolute Gasteiger partial charge is 0.159 e. The maximum Gasteiger partial charge on any atom is 0.159 e. The molecule has 1 aromatic carbocycles. The third-order valence-electron chi connectivity index (χ3n) is 1.74. The number of aromatic nitrogens is 1. The number of hydrogen-bond acceptors (Lipinski definition) is 3. The van der Waals surface area contributed by atoms with E-state index in [9.17, 15) is 0 Å². The number of rotatable bonds is 3. The summed E-state index contributed by atoms with van der Waals surface area (Å²) in [4.78, 5) is 4.22. The Morgan fingerprint density at radius 3 is 2.87 bits per heavy atom. The van der Waals surface area contributed by atoms with Crippen molar-refractivity contribution < 1.29 is 4.74 Å². The summed E-state index contributed by atoms with van der Waals surface area (Å²) < 4.78 is 6.39. The largest absolute Gasteiger partial charge is 0.486 e. The first kappa shape index (κ1) is 10.9. The number of nitrogens with zero attached hydrogens (tertiary/aromatic N) is 1. The summed E-state index contributed by atoms with van der Waals surface area (Å²) in [7, 11) is 0. The highest BCUT2D eigenvalue weighted by Crippen LogP contribution is 2.24. The topological polar surface area (TPSA) is 22.1 Å². The van der Waals surface area contributed by atoms with Crippen LogP contribution in [0.15, 0.2) is 33.6 Å². The average Bonchev–Trinajstić information content (AvgIpc) is 2.63. The lowest BCUT2D eigenvalue weighted by atomic mass is 10.3. The van der Waals surface area contributed by atoms with Crippen LogP contribution in [0.1, 0.15) is 5.69 Å². The Kier molecular flexibility index (Phi) is 3.61. The van der Waals surface area contributed by atoms with Crippen LogP contribution in [0.25, 0.3) is 0 Å². The van der Waals surface area contributed by atoms with Crippen molar-refractivity contribution in [3.8, 4) is 5.75 Å². The number of para-hydroxylation sites is 1. The van der Waals surface area contributed by atoms with E-state index in [0.717, 1.165) is 9.61 Å². The van der Waals surface area contributed by atoms with Gasteiger partial charge in [0.15, 0.2) is 3.92 Å². The van der Waals surface area contributed by atoms with Gasteiger partial charge in [0.05, 0.1) is 10.7 Å². The standard InChI is InChI=1S/C10H7BrClNOS/c11-10-13-7(6-15-10)5-14-9-4-2-1-3-8(9)12/h1-4,6H,5H2. The first-order chi connectivity index (χ1) is 7.25. The molecule has 1 aromatic heterocycles. The van der Waals surface area contributed by atoms with E-state index in [1.165, 1.54) is 11.3 Å². The van der Waals surface area contributed by atoms with E-state index in [-0.39, 0.29) is 0 Å². The van der Waals surface area contributed by atoms with E-state index in [1.807, 2.05) is 23.6 Å². The second kappa shape index (κ2) is 4.96. The molecular weight excluding hydrogens is 298 g/mol. The molecule has 0 atom stereocenters. The van der Waals surface area contributed by atoms with Gasteiger partial charge in [0.2, 0.25) is 0 Å². The van der Waals surface area contributed by atoms with Gasteiger partial charge in [-0.3, -0.25) is 0 Å². The van der Waals surface area contributed by atoms with E-state index in [4.69, 9.17) is 16.3 Å². The molecule has 0 aliphatic heterocycles. The summed E-state index contributed by atoms with van der Waals surface area (Å²) >= 11 is 10.8. The molecule has 0 bridgehead atoms. The molecule has 0 aliphatic carbocycles. The van der Waals surface area contributed by atoms with Crippen LogP contribution in [0, 0.1) is 0 Å². The van der Waals surface area contributed by atoms with Gasteiger partial charge in [0.25, 0.3) is 0 Å². The summed E-state index contributed by atoms with van der Waals surface area (Å²) in [6, 6.07) is 7.39. The summed E-state index contributed by atoms with van der Waals surface area (Å²) in [6.07, 6.45) is 0. The molecule has 2 rings (SSSR count). The van der Waals surface area contributed by atoms with Gasteiger partial charge in [-0.25, -0.2) is 4.98 Å². The van der Waals surface area contributed by atoms with Crippen LogP contribution in [0.4, 0.5) is 0 Å². The molecule has 78 valence electrons. The van der Waals surface area contributed by atoms with Gasteiger partial charge in [0, 0.05) is 5.38 Å². The Hall–Kier alpha value is -0.580. The number of hydrogen-bond donors (Lipinski definition) is 0. The van der Waals surface area contributed by atoms with Gasteiger partial charge in [-0.05, 0) is 28.1 Å². The van der Waals surface area contributed by atoms with Crippen molar-refractivity contribution in [1.29, 1.82) is 0 Å². The highest BCUT2D eigenvalue weighted by Gasteiger charge is 2.02. The normalized spacial score (nSPS) is 10.3. The summed E-state index contributed by atoms with van der Waals surface area (Å²) in [5.74, 6) is 0.684. The zero-order valence-electron chi connectivity index (χ0n) is 7.61. The van der Waals surface area contributed by atoms with Gasteiger partial charge in [-0.1, -0.05) is 23.7 Å². The van der Waals surface area contributed by atoms with Crippen molar-refractivity contribution in [2.75, 3.05) is 0 Å². The Morgan fingerprint density at radius 1 is 1.40 bits per heavy atom. The molecule has 0 radical (unpaired) electrons. The SMILES string of the molecule is Clc1ccccc1OCc1csc(Br)n1. The first-order valence-electron chi connectivity index (χ1n) is 4.23. The second-order valence-electron chi connectivity index (χ2n) is 2.81. The predicted octanol–water partition coefficient (Wildman–Crippen LogP) is 4.14. The molecule has 2 nitrogen and oxygen atoms in total. The quantitative estimate of drug-likeness (QED) is 0.850. The van der Waals surface area contributed by atoms with Crippen molar-refractivity contribution >= 4 is 38.9 Å². The lowest BCUT2D eigenvalue weighted by Crippen LogP contribution is -1.95. The van der Waals surface area contributed by atoms with E-state index >= 15 is 0 Å². The zero-order valence-corrected chi connectivity index (χ0v) is 10.8. The van der Waals surface area contributed by atoms with Crippen LogP contribution in [-0.2, 0) is 6.61 Å². The second-order valence-corrected chi connectivity index (χ2v) is 5.35. The third kappa shape index (κ3) is 2.93. The molecule has 1 heterocycles. The van der Waals surface area contributed by atoms with E-state index in [1.54, 1.807) is 6.07 Å². The van der Waals surface area contributed by atoms with Crippen LogP contribution < -0.4 is 4.74 Å². The summed E-state index contributed by atoms with van der Waals surface area (Å²) in [5.41, 5.74) is 0.895. The minimum Gasteiger partial charge on any atom is -0.486 e. The highest BCUT2D eigenvalue weighted by atomic mass is 79.9. The Bertz CT molecular complexity index is 460. The number of benzene rings is 1. The molecule has 15 heavy (non-hydrogen) atoms. The fraction of sp³-hybridized carbons (Fsp3) is 0.100. The maximum atomic E-state index is 5.94. The van der Waals surface area contributed by atoms with Gasteiger partial charge in [0.1, 0.15) is 12.4 Å². The predicted molar refractivity (Wildman–Crippen MR) is 65.6 cm³/mol. The average molecular weight is 305 g/mol. The third-order valence-corrected chi connectivity index (χ3v) is 3.46. The number of ether oxygens (including phenoxy) is 1. The molecule has 5 heteroatoms. The first-order valence-corrected chi connectivity index (χ1v) is 6.28. The highest BCUT2D eigenvalue weighted by molar-refractivity contribution is 9.11. The lowest BCUT2D eigenvalue weighted by Gasteiger charge is -2.05. The zero-order chi connectivity index (χ0) is 10.7. The van der Waals surface area contributed by atoms with Crippen molar-refractivity contribution in [2.24, 2.45) is 0 Å². The van der Waals surface area contributed by atoms with E-state index in [2.05, 4.69) is 20.9 Å². The van der Waals surface area contributed by atoms with E-state index < -0.39 is 0 Å². The fourth-order valence-corrected chi connectivity index (χ4v) is 2.28. The van der Waals surface area contributed by atoms with Crippen molar-refractivity contribution in [3.05, 3.63) is 44.3 Å². The van der Waals surface area contributed by atoms with Crippen LogP contribution in [-0.4, -0.2) is 4.98 Å². The van der Waals surface area contributed by atoms with Crippen LogP contribution in [0.5, 0.6) is 5.75 Å². The Balaban J connectivity index is 2.02. The Labute approximate surface area is 105 Å². The number of halogens is 2. The van der Waals surface area contributed by atoms with E-state index in [0.29, 0.717) is 17.4 Å². The van der Waals surface area contributed by atoms with Gasteiger partial charge >= 0.3 is 0 Å². The molecule has 0 saturated carbocycles. The molecule has 0 unspecified atom stereocenters. The molecule has 2 aromatic rings. The molecule has 0 aliphatic rings. The van der Waals surface area contributed by atoms with Crippen molar-refractivity contribution in [3.63, 3.8) is 0 Å². The minimum atomic E-state index is 0.436. The molecule has 0 saturated heterocycles. The lowest BCUT2D eigenvalue weighted by molar-refractivity contribution is 0.302. The van der Waals surface area contributed by atoms with Gasteiger partial charge in [-0.15, -0.1) is 11.3 Å². The minimum absolute atomic E-state index is 0.436. The summed E-state index contributed by atoms with van der Waals surface area (Å²) in [6.45, 7) is 0.436. The monoisotopic (exact) mass is 303 g/mol. The maximum absolute atomic E-state index is 5.94. The fourth-order valence-electron chi connectivity index (χ4n) is 1.06. The number of thiazole rings is 1. The van der Waals surface area contributed by atoms with Crippen LogP contribution in [0.2, 0.25) is 5.02 Å². The molecule has 0 amide bonds.